The van der Waals surface area contributed by atoms with Crippen LogP contribution >= 0.6 is 0 Å². The molecule has 0 atom stereocenters. The van der Waals surface area contributed by atoms with Gasteiger partial charge in [-0.15, -0.1) is 0 Å². The zero-order valence-corrected chi connectivity index (χ0v) is 9.82. The Morgan fingerprint density at radius 3 is 2.44 bits per heavy atom. The Kier molecular flexibility index (Phi) is 2.31. The summed E-state index contributed by atoms with van der Waals surface area (Å²) >= 11 is 0. The van der Waals surface area contributed by atoms with E-state index < -0.39 is 11.4 Å². The van der Waals surface area contributed by atoms with Crippen molar-refractivity contribution in [3.05, 3.63) is 17.0 Å². The highest BCUT2D eigenvalue weighted by atomic mass is 16.4. The van der Waals surface area contributed by atoms with Gasteiger partial charge < -0.3 is 10.8 Å². The van der Waals surface area contributed by atoms with E-state index in [9.17, 15) is 9.90 Å². The molecule has 2 rings (SSSR count). The molecule has 16 heavy (non-hydrogen) atoms. The highest BCUT2D eigenvalue weighted by Crippen LogP contribution is 2.45. The van der Waals surface area contributed by atoms with Gasteiger partial charge in [0.25, 0.3) is 0 Å². The summed E-state index contributed by atoms with van der Waals surface area (Å²) in [6, 6.07) is -0.00453. The lowest BCUT2D eigenvalue weighted by atomic mass is 9.61. The maximum absolute atomic E-state index is 11.5. The zero-order chi connectivity index (χ0) is 12.1. The summed E-state index contributed by atoms with van der Waals surface area (Å²) in [4.78, 5) is 11.5. The third kappa shape index (κ3) is 1.28. The number of hydrogen-bond acceptors (Lipinski definition) is 3. The van der Waals surface area contributed by atoms with Crippen molar-refractivity contribution < 1.29 is 9.90 Å². The Hall–Kier alpha value is -1.36. The van der Waals surface area contributed by atoms with Crippen LogP contribution in [-0.4, -0.2) is 26.9 Å². The summed E-state index contributed by atoms with van der Waals surface area (Å²) in [5, 5.41) is 13.7. The zero-order valence-electron chi connectivity index (χ0n) is 9.82. The lowest BCUT2D eigenvalue weighted by Crippen LogP contribution is -2.54. The van der Waals surface area contributed by atoms with Crippen molar-refractivity contribution in [1.29, 1.82) is 0 Å². The topological polar surface area (TPSA) is 81.1 Å². The largest absolute Gasteiger partial charge is 0.481 e. The van der Waals surface area contributed by atoms with Gasteiger partial charge in [-0.1, -0.05) is 0 Å². The SMILES string of the molecule is Cc1nn(C)c(C)c1C1(C(=O)O)CC(N)C1. The molecule has 1 aromatic rings. The van der Waals surface area contributed by atoms with Crippen molar-refractivity contribution >= 4 is 5.97 Å². The van der Waals surface area contributed by atoms with E-state index >= 15 is 0 Å². The van der Waals surface area contributed by atoms with Gasteiger partial charge in [0.2, 0.25) is 0 Å². The fourth-order valence-corrected chi connectivity index (χ4v) is 2.79. The molecule has 0 aromatic carbocycles. The Labute approximate surface area is 94.2 Å². The number of carboxylic acid groups (broad SMARTS) is 1. The standard InChI is InChI=1S/C11H17N3O2/c1-6-9(7(2)14(3)13-6)11(10(15)16)4-8(12)5-11/h8H,4-5,12H2,1-3H3,(H,15,16). The molecule has 0 radical (unpaired) electrons. The van der Waals surface area contributed by atoms with Gasteiger partial charge in [-0.3, -0.25) is 9.48 Å². The molecule has 0 saturated heterocycles. The average Bonchev–Trinajstić information content (AvgIpc) is 2.36. The van der Waals surface area contributed by atoms with E-state index in [1.165, 1.54) is 0 Å². The molecule has 1 fully saturated rings. The maximum atomic E-state index is 11.5. The molecule has 0 unspecified atom stereocenters. The van der Waals surface area contributed by atoms with Crippen LogP contribution in [0, 0.1) is 13.8 Å². The van der Waals surface area contributed by atoms with Crippen LogP contribution in [0.4, 0.5) is 0 Å². The Morgan fingerprint density at radius 1 is 1.56 bits per heavy atom. The molecular weight excluding hydrogens is 206 g/mol. The highest BCUT2D eigenvalue weighted by Gasteiger charge is 2.52. The first-order chi connectivity index (χ1) is 7.38. The molecule has 1 saturated carbocycles. The number of hydrogen-bond donors (Lipinski definition) is 2. The molecule has 0 aliphatic heterocycles. The third-order valence-electron chi connectivity index (χ3n) is 3.62. The van der Waals surface area contributed by atoms with Gasteiger partial charge in [-0.2, -0.15) is 5.10 Å². The van der Waals surface area contributed by atoms with Gasteiger partial charge in [0.1, 0.15) is 0 Å². The van der Waals surface area contributed by atoms with E-state index in [0.29, 0.717) is 12.8 Å². The van der Waals surface area contributed by atoms with E-state index in [0.717, 1.165) is 17.0 Å². The summed E-state index contributed by atoms with van der Waals surface area (Å²) in [7, 11) is 1.83. The molecule has 3 N–H and O–H groups in total. The molecule has 88 valence electrons. The number of aryl methyl sites for hydroxylation is 2. The summed E-state index contributed by atoms with van der Waals surface area (Å²) in [5.41, 5.74) is 7.52. The van der Waals surface area contributed by atoms with Gasteiger partial charge in [0, 0.05) is 24.3 Å². The molecule has 5 heteroatoms. The second-order valence-corrected chi connectivity index (χ2v) is 4.73. The number of rotatable bonds is 2. The predicted octanol–water partition coefficient (Wildman–Crippen LogP) is 0.480. The van der Waals surface area contributed by atoms with Crippen molar-refractivity contribution in [2.24, 2.45) is 12.8 Å². The predicted molar refractivity (Wildman–Crippen MR) is 59.2 cm³/mol. The van der Waals surface area contributed by atoms with Crippen LogP contribution in [0.1, 0.15) is 29.8 Å². The molecular formula is C11H17N3O2. The van der Waals surface area contributed by atoms with Gasteiger partial charge in [0.05, 0.1) is 11.1 Å². The average molecular weight is 223 g/mol. The third-order valence-corrected chi connectivity index (χ3v) is 3.62. The van der Waals surface area contributed by atoms with Gasteiger partial charge in [0.15, 0.2) is 0 Å². The lowest BCUT2D eigenvalue weighted by Gasteiger charge is -2.43. The quantitative estimate of drug-likeness (QED) is 0.764. The first kappa shape index (κ1) is 11.1. The lowest BCUT2D eigenvalue weighted by molar-refractivity contribution is -0.148. The van der Waals surface area contributed by atoms with Crippen LogP contribution in [0.3, 0.4) is 0 Å². The van der Waals surface area contributed by atoms with Crippen molar-refractivity contribution in [1.82, 2.24) is 9.78 Å². The normalized spacial score (nSPS) is 28.9. The van der Waals surface area contributed by atoms with Crippen LogP contribution in [-0.2, 0) is 17.3 Å². The van der Waals surface area contributed by atoms with E-state index in [-0.39, 0.29) is 6.04 Å². The molecule has 1 aromatic heterocycles. The number of carbonyl (C=O) groups is 1. The monoisotopic (exact) mass is 223 g/mol. The van der Waals surface area contributed by atoms with E-state index in [1.54, 1.807) is 4.68 Å². The first-order valence-electron chi connectivity index (χ1n) is 5.38. The number of carboxylic acids is 1. The molecule has 0 spiro atoms. The second kappa shape index (κ2) is 3.31. The molecule has 5 nitrogen and oxygen atoms in total. The van der Waals surface area contributed by atoms with E-state index in [2.05, 4.69) is 5.10 Å². The fraction of sp³-hybridized carbons (Fsp3) is 0.636. The maximum Gasteiger partial charge on any atom is 0.314 e. The fourth-order valence-electron chi connectivity index (χ4n) is 2.79. The minimum absolute atomic E-state index is 0.00453. The van der Waals surface area contributed by atoms with E-state index in [4.69, 9.17) is 5.73 Å². The molecule has 1 aliphatic carbocycles. The van der Waals surface area contributed by atoms with Crippen LogP contribution in [0.25, 0.3) is 0 Å². The number of nitrogens with zero attached hydrogens (tertiary/aromatic N) is 2. The summed E-state index contributed by atoms with van der Waals surface area (Å²) in [5.74, 6) is -0.784. The minimum Gasteiger partial charge on any atom is -0.481 e. The molecule has 0 bridgehead atoms. The Bertz CT molecular complexity index is 444. The first-order valence-corrected chi connectivity index (χ1v) is 5.38. The smallest absolute Gasteiger partial charge is 0.314 e. The summed E-state index contributed by atoms with van der Waals surface area (Å²) in [6.07, 6.45) is 1.02. The van der Waals surface area contributed by atoms with Gasteiger partial charge in [-0.25, -0.2) is 0 Å². The van der Waals surface area contributed by atoms with Gasteiger partial charge in [-0.05, 0) is 26.7 Å². The highest BCUT2D eigenvalue weighted by molar-refractivity contribution is 5.84. The van der Waals surface area contributed by atoms with Crippen LogP contribution < -0.4 is 5.73 Å². The molecule has 1 aliphatic rings. The summed E-state index contributed by atoms with van der Waals surface area (Å²) in [6.45, 7) is 3.76. The molecule has 0 amide bonds. The van der Waals surface area contributed by atoms with E-state index in [1.807, 2.05) is 20.9 Å². The summed E-state index contributed by atoms with van der Waals surface area (Å²) < 4.78 is 1.74. The Morgan fingerprint density at radius 2 is 2.12 bits per heavy atom. The van der Waals surface area contributed by atoms with Crippen LogP contribution in [0.5, 0.6) is 0 Å². The van der Waals surface area contributed by atoms with Gasteiger partial charge >= 0.3 is 5.97 Å². The minimum atomic E-state index is -0.804. The Balaban J connectivity index is 2.53. The van der Waals surface area contributed by atoms with Crippen LogP contribution in [0.2, 0.25) is 0 Å². The number of aromatic nitrogens is 2. The van der Waals surface area contributed by atoms with Crippen LogP contribution in [0.15, 0.2) is 0 Å². The van der Waals surface area contributed by atoms with Crippen molar-refractivity contribution in [3.8, 4) is 0 Å². The molecule has 1 heterocycles. The number of nitrogens with two attached hydrogens (primary N) is 1. The van der Waals surface area contributed by atoms with Crippen molar-refractivity contribution in [3.63, 3.8) is 0 Å². The second-order valence-electron chi connectivity index (χ2n) is 4.73. The number of aliphatic carboxylic acids is 1. The van der Waals surface area contributed by atoms with Crippen molar-refractivity contribution in [2.75, 3.05) is 0 Å². The van der Waals surface area contributed by atoms with Crippen molar-refractivity contribution in [2.45, 2.75) is 38.1 Å².